The molecule has 4 aromatic heterocycles. The van der Waals surface area contributed by atoms with Gasteiger partial charge in [0.1, 0.15) is 5.69 Å². The second kappa shape index (κ2) is 20.6. The van der Waals surface area contributed by atoms with Gasteiger partial charge in [-0.3, -0.25) is 33.5 Å². The summed E-state index contributed by atoms with van der Waals surface area (Å²) in [6.07, 6.45) is 14.5. The monoisotopic (exact) mass is 863 g/mol. The molecule has 2 aliphatic rings. The van der Waals surface area contributed by atoms with Gasteiger partial charge in [-0.2, -0.15) is 0 Å². The van der Waals surface area contributed by atoms with Crippen LogP contribution in [0.2, 0.25) is 0 Å². The minimum Gasteiger partial charge on any atom is -1.00 e. The molecule has 2 fully saturated rings. The number of aldehydes is 1. The molecule has 0 aliphatic heterocycles. The van der Waals surface area contributed by atoms with Crippen LogP contribution in [0, 0.1) is 0 Å². The predicted octanol–water partition coefficient (Wildman–Crippen LogP) is 4.06. The number of hydrogen-bond acceptors (Lipinski definition) is 10. The van der Waals surface area contributed by atoms with Gasteiger partial charge in [-0.1, -0.05) is 86.3 Å². The summed E-state index contributed by atoms with van der Waals surface area (Å²) in [7, 11) is 0. The minimum absolute atomic E-state index is 0. The van der Waals surface area contributed by atoms with Crippen LogP contribution in [-0.4, -0.2) is 71.3 Å². The second-order valence-electron chi connectivity index (χ2n) is 16.6. The summed E-state index contributed by atoms with van der Waals surface area (Å²) in [5, 5.41) is 35.3. The van der Waals surface area contributed by atoms with Crippen molar-refractivity contribution in [1.29, 1.82) is 0 Å². The molecule has 0 saturated heterocycles. The number of nitrogens with zero attached hydrogens (tertiary/aromatic N) is 6. The molecule has 3 radical (unpaired) electrons. The number of rotatable bonds is 8. The van der Waals surface area contributed by atoms with E-state index >= 15 is 0 Å². The molecule has 319 valence electrons. The minimum atomic E-state index is -0.520. The van der Waals surface area contributed by atoms with E-state index in [1.54, 1.807) is 40.2 Å². The van der Waals surface area contributed by atoms with E-state index < -0.39 is 12.2 Å². The van der Waals surface area contributed by atoms with Crippen molar-refractivity contribution < 1.29 is 51.1 Å². The van der Waals surface area contributed by atoms with E-state index in [4.69, 9.17) is 0 Å². The molecule has 8 aromatic rings. The first-order valence-electron chi connectivity index (χ1n) is 21.4. The van der Waals surface area contributed by atoms with Gasteiger partial charge in [0.05, 0.1) is 71.1 Å². The SMILES string of the molecule is O=Cc1ccc(Cc2cc3c(=O)n([C@H]4CCCC[C@@H]4O)cnc3c3ccccc23)cn1.O=c1c2cc(Cc3ccc(CO)nc3)c3ccccc3c2ncn1[C@H]1CCCC[C@@H]1O.[B].[H-].[Na+]. The van der Waals surface area contributed by atoms with Crippen molar-refractivity contribution in [2.24, 2.45) is 0 Å². The summed E-state index contributed by atoms with van der Waals surface area (Å²) in [6, 6.07) is 26.7. The third-order valence-electron chi connectivity index (χ3n) is 12.7. The number of carbonyl (C=O) groups excluding carboxylic acids is 1. The van der Waals surface area contributed by atoms with Gasteiger partial charge in [0, 0.05) is 31.6 Å². The largest absolute Gasteiger partial charge is 1.00 e. The van der Waals surface area contributed by atoms with E-state index in [0.29, 0.717) is 52.5 Å². The third-order valence-corrected chi connectivity index (χ3v) is 12.7. The topological polar surface area (TPSA) is 173 Å². The van der Waals surface area contributed by atoms with Crippen molar-refractivity contribution >= 4 is 58.0 Å². The third kappa shape index (κ3) is 9.38. The van der Waals surface area contributed by atoms with Crippen LogP contribution in [0.3, 0.4) is 0 Å². The van der Waals surface area contributed by atoms with E-state index in [0.717, 1.165) is 95.0 Å². The van der Waals surface area contributed by atoms with Crippen molar-refractivity contribution in [2.45, 2.75) is 95.1 Å². The van der Waals surface area contributed by atoms with Gasteiger partial charge >= 0.3 is 29.6 Å². The molecule has 0 unspecified atom stereocenters. The molecule has 4 aromatic carbocycles. The first-order valence-corrected chi connectivity index (χ1v) is 21.4. The van der Waals surface area contributed by atoms with E-state index in [2.05, 4.69) is 26.0 Å². The molecule has 4 atom stereocenters. The van der Waals surface area contributed by atoms with E-state index in [1.807, 2.05) is 72.8 Å². The molecule has 12 nitrogen and oxygen atoms in total. The Morgan fingerprint density at radius 1 is 0.594 bits per heavy atom. The van der Waals surface area contributed by atoms with Crippen LogP contribution < -0.4 is 40.7 Å². The Morgan fingerprint density at radius 2 is 1.05 bits per heavy atom. The van der Waals surface area contributed by atoms with Gasteiger partial charge in [0.2, 0.25) is 0 Å². The number of aromatic nitrogens is 6. The van der Waals surface area contributed by atoms with Crippen LogP contribution in [0.4, 0.5) is 0 Å². The summed E-state index contributed by atoms with van der Waals surface area (Å²) >= 11 is 0. The molecule has 14 heteroatoms. The average Bonchev–Trinajstić information content (AvgIpc) is 3.31. The molecule has 64 heavy (non-hydrogen) atoms. The standard InChI is InChI=1S/C25H25N3O3.C25H23N3O3.B.Na.H/c2*29-14-18-10-9-16(13-26-18)11-17-12-21-24(20-6-2-1-5-19(17)20)27-15-28(25(21)31)22-7-3-4-8-23(22)30;;;/h1-2,5-6,9-10,12-13,15,22-23,29-30H,3-4,7-8,11,14H2;1-2,5-6,9-10,12-15,22-23,30H,3-4,7-8,11H2;;;/q;;;+1;-1/t2*22-,23-;;;/m00.../s1. The van der Waals surface area contributed by atoms with Crippen LogP contribution in [-0.2, 0) is 19.4 Å². The van der Waals surface area contributed by atoms with Crippen molar-refractivity contribution in [3.05, 3.63) is 164 Å². The zero-order valence-corrected chi connectivity index (χ0v) is 37.9. The Bertz CT molecular complexity index is 3060. The maximum absolute atomic E-state index is 13.5. The summed E-state index contributed by atoms with van der Waals surface area (Å²) < 4.78 is 3.24. The van der Waals surface area contributed by atoms with Crippen molar-refractivity contribution in [3.8, 4) is 0 Å². The normalized spacial score (nSPS) is 18.5. The summed E-state index contributed by atoms with van der Waals surface area (Å²) in [6.45, 7) is -0.0859. The predicted molar refractivity (Wildman–Crippen MR) is 246 cm³/mol. The number of pyridine rings is 2. The first kappa shape index (κ1) is 46.6. The van der Waals surface area contributed by atoms with Gasteiger partial charge in [0.15, 0.2) is 6.29 Å². The summed E-state index contributed by atoms with van der Waals surface area (Å²) in [4.78, 5) is 55.6. The fourth-order valence-electron chi connectivity index (χ4n) is 9.40. The average molecular weight is 864 g/mol. The Hall–Kier alpha value is -5.41. The van der Waals surface area contributed by atoms with Gasteiger partial charge < -0.3 is 16.7 Å². The van der Waals surface area contributed by atoms with Crippen LogP contribution in [0.25, 0.3) is 43.4 Å². The van der Waals surface area contributed by atoms with Crippen molar-refractivity contribution in [1.82, 2.24) is 29.1 Å². The fraction of sp³-hybridized carbons (Fsp3) is 0.300. The molecule has 2 aliphatic carbocycles. The van der Waals surface area contributed by atoms with Crippen LogP contribution in [0.15, 0.2) is 120 Å². The van der Waals surface area contributed by atoms with Gasteiger partial charge in [-0.05, 0) is 95.8 Å². The molecule has 0 bridgehead atoms. The Morgan fingerprint density at radius 3 is 1.45 bits per heavy atom. The van der Waals surface area contributed by atoms with Crippen molar-refractivity contribution in [3.63, 3.8) is 0 Å². The number of carbonyl (C=O) groups is 1. The van der Waals surface area contributed by atoms with E-state index in [1.165, 1.54) is 0 Å². The quantitative estimate of drug-likeness (QED) is 0.115. The molecule has 10 rings (SSSR count). The van der Waals surface area contributed by atoms with E-state index in [9.17, 15) is 29.7 Å². The molecule has 0 amide bonds. The smallest absolute Gasteiger partial charge is 1.00 e. The molecule has 0 spiro atoms. The van der Waals surface area contributed by atoms with Gasteiger partial charge in [0.25, 0.3) is 11.1 Å². The number of aliphatic hydroxyl groups excluding tert-OH is 3. The summed E-state index contributed by atoms with van der Waals surface area (Å²) in [5.74, 6) is 0. The zero-order valence-electron chi connectivity index (χ0n) is 36.9. The second-order valence-corrected chi connectivity index (χ2v) is 16.6. The molecular weight excluding hydrogens is 814 g/mol. The van der Waals surface area contributed by atoms with Gasteiger partial charge in [-0.25, -0.2) is 9.97 Å². The number of aliphatic hydroxyl groups is 3. The van der Waals surface area contributed by atoms with Crippen LogP contribution >= 0.6 is 0 Å². The number of fused-ring (bicyclic) bond motifs is 6. The maximum Gasteiger partial charge on any atom is 1.00 e. The molecule has 3 N–H and O–H groups in total. The first-order chi connectivity index (χ1) is 30.3. The molecule has 2 saturated carbocycles. The Balaban J connectivity index is 0.000000206. The molecule has 4 heterocycles. The number of benzene rings is 4. The summed E-state index contributed by atoms with van der Waals surface area (Å²) in [5.41, 5.74) is 6.19. The maximum atomic E-state index is 13.5. The zero-order chi connectivity index (χ0) is 42.7. The fourth-order valence-corrected chi connectivity index (χ4v) is 9.40. The van der Waals surface area contributed by atoms with Crippen molar-refractivity contribution in [2.75, 3.05) is 0 Å². The van der Waals surface area contributed by atoms with Crippen LogP contribution in [0.1, 0.15) is 103 Å². The Kier molecular flexibility index (Phi) is 15.0. The van der Waals surface area contributed by atoms with Gasteiger partial charge in [-0.15, -0.1) is 0 Å². The molecular formula is C50H49BN6NaO6. The number of hydrogen-bond donors (Lipinski definition) is 3. The Labute approximate surface area is 395 Å². The van der Waals surface area contributed by atoms with Crippen LogP contribution in [0.5, 0.6) is 0 Å². The van der Waals surface area contributed by atoms with E-state index in [-0.39, 0.29) is 69.2 Å².